The van der Waals surface area contributed by atoms with Gasteiger partial charge in [-0.3, -0.25) is 20.9 Å². The maximum Gasteiger partial charge on any atom is 0.293 e. The fraction of sp³-hybridized carbons (Fsp3) is 0.571. The van der Waals surface area contributed by atoms with Gasteiger partial charge < -0.3 is 10.3 Å². The first-order chi connectivity index (χ1) is 9.99. The van der Waals surface area contributed by atoms with Gasteiger partial charge >= 0.3 is 0 Å². The van der Waals surface area contributed by atoms with E-state index in [0.717, 1.165) is 31.6 Å². The molecule has 0 aliphatic rings. The molecule has 0 saturated heterocycles. The van der Waals surface area contributed by atoms with E-state index in [1.807, 2.05) is 20.2 Å². The molecule has 3 N–H and O–H groups in total. The van der Waals surface area contributed by atoms with Crippen molar-refractivity contribution < 1.29 is 4.92 Å². The van der Waals surface area contributed by atoms with E-state index in [-0.39, 0.29) is 5.69 Å². The third-order valence-corrected chi connectivity index (χ3v) is 3.27. The van der Waals surface area contributed by atoms with Crippen LogP contribution in [0.25, 0.3) is 0 Å². The maximum atomic E-state index is 11.0. The van der Waals surface area contributed by atoms with Crippen LogP contribution in [0.1, 0.15) is 18.9 Å². The number of nitrogen functional groups attached to an aromatic ring is 1. The molecule has 0 aromatic heterocycles. The summed E-state index contributed by atoms with van der Waals surface area (Å²) in [6.07, 6.45) is 1.04. The lowest BCUT2D eigenvalue weighted by Crippen LogP contribution is -2.32. The van der Waals surface area contributed by atoms with E-state index in [4.69, 9.17) is 5.84 Å². The van der Waals surface area contributed by atoms with Gasteiger partial charge in [0.1, 0.15) is 5.69 Å². The Morgan fingerprint density at radius 2 is 2.00 bits per heavy atom. The highest BCUT2D eigenvalue weighted by Gasteiger charge is 2.18. The van der Waals surface area contributed by atoms with Crippen LogP contribution < -0.4 is 11.3 Å². The number of para-hydroxylation sites is 1. The lowest BCUT2D eigenvalue weighted by atomic mass is 10.1. The van der Waals surface area contributed by atoms with E-state index >= 15 is 0 Å². The number of rotatable bonds is 9. The van der Waals surface area contributed by atoms with Crippen LogP contribution in [-0.4, -0.2) is 48.5 Å². The van der Waals surface area contributed by atoms with Crippen molar-refractivity contribution in [3.8, 4) is 0 Å². The number of anilines is 1. The second-order valence-corrected chi connectivity index (χ2v) is 5.29. The fourth-order valence-corrected chi connectivity index (χ4v) is 2.21. The van der Waals surface area contributed by atoms with E-state index in [1.165, 1.54) is 6.07 Å². The number of hydrogen-bond donors (Lipinski definition) is 2. The predicted octanol–water partition coefficient (Wildman–Crippen LogP) is 1.65. The largest absolute Gasteiger partial charge is 0.318 e. The maximum absolute atomic E-state index is 11.0. The molecule has 0 heterocycles. The molecular weight excluding hydrogens is 270 g/mol. The molecule has 0 aliphatic heterocycles. The van der Waals surface area contributed by atoms with Crippen LogP contribution in [0.15, 0.2) is 18.2 Å². The zero-order valence-electron chi connectivity index (χ0n) is 13.0. The Morgan fingerprint density at radius 3 is 2.52 bits per heavy atom. The predicted molar refractivity (Wildman–Crippen MR) is 85.0 cm³/mol. The number of nitro benzene ring substituents is 1. The SMILES string of the molecule is CCCN(CCN(C)C)Cc1cccc([N+](=O)[O-])c1NN. The van der Waals surface area contributed by atoms with Crippen LogP contribution in [0, 0.1) is 10.1 Å². The third kappa shape index (κ3) is 5.30. The Labute approximate surface area is 125 Å². The zero-order chi connectivity index (χ0) is 15.8. The van der Waals surface area contributed by atoms with Crippen molar-refractivity contribution in [1.29, 1.82) is 0 Å². The minimum Gasteiger partial charge on any atom is -0.318 e. The second kappa shape index (κ2) is 8.56. The Morgan fingerprint density at radius 1 is 1.29 bits per heavy atom. The van der Waals surface area contributed by atoms with E-state index in [1.54, 1.807) is 6.07 Å². The highest BCUT2D eigenvalue weighted by molar-refractivity contribution is 5.65. The number of hydrazine groups is 1. The van der Waals surface area contributed by atoms with E-state index < -0.39 is 4.92 Å². The lowest BCUT2D eigenvalue weighted by Gasteiger charge is -2.24. The minimum absolute atomic E-state index is 0.0130. The highest BCUT2D eigenvalue weighted by Crippen LogP contribution is 2.28. The van der Waals surface area contributed by atoms with Gasteiger partial charge in [0.25, 0.3) is 5.69 Å². The van der Waals surface area contributed by atoms with Crippen molar-refractivity contribution >= 4 is 11.4 Å². The number of hydrogen-bond acceptors (Lipinski definition) is 6. The lowest BCUT2D eigenvalue weighted by molar-refractivity contribution is -0.384. The first kappa shape index (κ1) is 17.4. The Kier molecular flexibility index (Phi) is 7.07. The van der Waals surface area contributed by atoms with Gasteiger partial charge in [0.15, 0.2) is 0 Å². The number of benzene rings is 1. The molecule has 1 aromatic carbocycles. The molecule has 1 rings (SSSR count). The zero-order valence-corrected chi connectivity index (χ0v) is 13.0. The summed E-state index contributed by atoms with van der Waals surface area (Å²) in [7, 11) is 4.06. The van der Waals surface area contributed by atoms with Crippen molar-refractivity contribution in [3.63, 3.8) is 0 Å². The average molecular weight is 295 g/mol. The molecule has 0 unspecified atom stereocenters. The molecule has 1 aromatic rings. The molecule has 21 heavy (non-hydrogen) atoms. The van der Waals surface area contributed by atoms with Crippen molar-refractivity contribution in [2.75, 3.05) is 39.2 Å². The molecule has 7 heteroatoms. The van der Waals surface area contributed by atoms with E-state index in [2.05, 4.69) is 22.1 Å². The van der Waals surface area contributed by atoms with Gasteiger partial charge in [-0.1, -0.05) is 19.1 Å². The van der Waals surface area contributed by atoms with Crippen molar-refractivity contribution in [2.24, 2.45) is 5.84 Å². The molecular formula is C14H25N5O2. The molecule has 0 fully saturated rings. The van der Waals surface area contributed by atoms with E-state index in [9.17, 15) is 10.1 Å². The summed E-state index contributed by atoms with van der Waals surface area (Å²) < 4.78 is 0. The van der Waals surface area contributed by atoms with Gasteiger partial charge in [0.2, 0.25) is 0 Å². The average Bonchev–Trinajstić information content (AvgIpc) is 2.44. The van der Waals surface area contributed by atoms with Gasteiger partial charge in [-0.15, -0.1) is 0 Å². The van der Waals surface area contributed by atoms with E-state index in [0.29, 0.717) is 12.2 Å². The molecule has 0 bridgehead atoms. The first-order valence-corrected chi connectivity index (χ1v) is 7.09. The van der Waals surface area contributed by atoms with Crippen LogP contribution in [0.4, 0.5) is 11.4 Å². The number of nitrogens with two attached hydrogens (primary N) is 1. The van der Waals surface area contributed by atoms with Crippen LogP contribution in [0.2, 0.25) is 0 Å². The summed E-state index contributed by atoms with van der Waals surface area (Å²) in [5, 5.41) is 11.0. The Hall–Kier alpha value is -1.70. The molecule has 0 amide bonds. The molecule has 7 nitrogen and oxygen atoms in total. The van der Waals surface area contributed by atoms with Crippen molar-refractivity contribution in [3.05, 3.63) is 33.9 Å². The Bertz CT molecular complexity index is 465. The fourth-order valence-electron chi connectivity index (χ4n) is 2.21. The van der Waals surface area contributed by atoms with Crippen molar-refractivity contribution in [1.82, 2.24) is 9.80 Å². The molecule has 0 radical (unpaired) electrons. The summed E-state index contributed by atoms with van der Waals surface area (Å²) in [5.74, 6) is 5.48. The quantitative estimate of drug-likeness (QED) is 0.409. The summed E-state index contributed by atoms with van der Waals surface area (Å²) in [5.41, 5.74) is 3.74. The monoisotopic (exact) mass is 295 g/mol. The normalized spacial score (nSPS) is 11.1. The molecule has 0 saturated carbocycles. The number of nitro groups is 1. The summed E-state index contributed by atoms with van der Waals surface area (Å²) in [6.45, 7) is 5.56. The van der Waals surface area contributed by atoms with Crippen LogP contribution in [0.3, 0.4) is 0 Å². The third-order valence-electron chi connectivity index (χ3n) is 3.27. The highest BCUT2D eigenvalue weighted by atomic mass is 16.6. The van der Waals surface area contributed by atoms with Gasteiger partial charge in [-0.25, -0.2) is 0 Å². The summed E-state index contributed by atoms with van der Waals surface area (Å²) in [6, 6.07) is 5.04. The van der Waals surface area contributed by atoms with Gasteiger partial charge in [-0.05, 0) is 32.6 Å². The summed E-state index contributed by atoms with van der Waals surface area (Å²) in [4.78, 5) is 15.0. The summed E-state index contributed by atoms with van der Waals surface area (Å²) >= 11 is 0. The molecule has 0 atom stereocenters. The topological polar surface area (TPSA) is 87.7 Å². The molecule has 118 valence electrons. The first-order valence-electron chi connectivity index (χ1n) is 7.09. The van der Waals surface area contributed by atoms with Gasteiger partial charge in [-0.2, -0.15) is 0 Å². The van der Waals surface area contributed by atoms with Crippen LogP contribution in [-0.2, 0) is 6.54 Å². The van der Waals surface area contributed by atoms with Crippen LogP contribution in [0.5, 0.6) is 0 Å². The number of likely N-dealkylation sites (N-methyl/N-ethyl adjacent to an activating group) is 1. The van der Waals surface area contributed by atoms with Gasteiger partial charge in [0.05, 0.1) is 4.92 Å². The minimum atomic E-state index is -0.414. The standard InChI is InChI=1S/C14H25N5O2/c1-4-8-18(10-9-17(2)3)11-12-6-5-7-13(19(20)21)14(12)16-15/h5-7,16H,4,8-11,15H2,1-3H3. The molecule has 0 aliphatic carbocycles. The number of nitrogens with zero attached hydrogens (tertiary/aromatic N) is 3. The molecule has 0 spiro atoms. The smallest absolute Gasteiger partial charge is 0.293 e. The van der Waals surface area contributed by atoms with Crippen molar-refractivity contribution in [2.45, 2.75) is 19.9 Å². The number of nitrogens with one attached hydrogen (secondary N) is 1. The van der Waals surface area contributed by atoms with Gasteiger partial charge in [0, 0.05) is 25.7 Å². The van der Waals surface area contributed by atoms with Crippen LogP contribution >= 0.6 is 0 Å². The second-order valence-electron chi connectivity index (χ2n) is 5.29. The Balaban J connectivity index is 2.92.